The lowest BCUT2D eigenvalue weighted by Gasteiger charge is -2.14. The Morgan fingerprint density at radius 3 is 2.61 bits per heavy atom. The van der Waals surface area contributed by atoms with E-state index in [1.54, 1.807) is 31.2 Å². The Kier molecular flexibility index (Phi) is 4.04. The van der Waals surface area contributed by atoms with E-state index in [1.807, 2.05) is 12.1 Å². The van der Waals surface area contributed by atoms with Gasteiger partial charge in [-0.05, 0) is 36.8 Å². The number of nitrogens with one attached hydrogen (secondary N) is 1. The highest BCUT2D eigenvalue weighted by Gasteiger charge is 2.31. The Balaban J connectivity index is 2.02. The Hall–Kier alpha value is -2.05. The first kappa shape index (κ1) is 15.8. The number of anilines is 1. The molecule has 7 heteroatoms. The minimum absolute atomic E-state index is 0.0653. The zero-order chi connectivity index (χ0) is 16.6. The molecule has 0 saturated heterocycles. The summed E-state index contributed by atoms with van der Waals surface area (Å²) in [6, 6.07) is 11.1. The van der Waals surface area contributed by atoms with Gasteiger partial charge >= 0.3 is 0 Å². The number of halogens is 1. The van der Waals surface area contributed by atoms with Gasteiger partial charge in [-0.2, -0.15) is 0 Å². The van der Waals surface area contributed by atoms with Crippen LogP contribution in [0.3, 0.4) is 0 Å². The van der Waals surface area contributed by atoms with Gasteiger partial charge < -0.3 is 10.1 Å². The monoisotopic (exact) mass is 351 g/mol. The molecule has 2 aromatic carbocycles. The van der Waals surface area contributed by atoms with Gasteiger partial charge in [0.2, 0.25) is 0 Å². The van der Waals surface area contributed by atoms with Gasteiger partial charge in [-0.25, -0.2) is 8.42 Å². The van der Waals surface area contributed by atoms with Crippen LogP contribution in [0.25, 0.3) is 0 Å². The first-order valence-electron chi connectivity index (χ1n) is 7.03. The van der Waals surface area contributed by atoms with Gasteiger partial charge in [0.25, 0.3) is 9.05 Å². The molecule has 1 aliphatic heterocycles. The van der Waals surface area contributed by atoms with Gasteiger partial charge in [0.15, 0.2) is 5.78 Å². The number of rotatable bonds is 4. The summed E-state index contributed by atoms with van der Waals surface area (Å²) >= 11 is 0. The molecule has 0 bridgehead atoms. The van der Waals surface area contributed by atoms with Crippen molar-refractivity contribution in [3.05, 3.63) is 53.6 Å². The van der Waals surface area contributed by atoms with E-state index in [1.165, 1.54) is 6.07 Å². The molecule has 0 saturated carbocycles. The number of fused-ring (bicyclic) bond motifs is 1. The van der Waals surface area contributed by atoms with Crippen molar-refractivity contribution in [3.8, 4) is 5.75 Å². The molecule has 1 unspecified atom stereocenters. The van der Waals surface area contributed by atoms with Crippen LogP contribution in [-0.2, 0) is 9.05 Å². The van der Waals surface area contributed by atoms with Gasteiger partial charge in [0, 0.05) is 21.9 Å². The molecule has 3 rings (SSSR count). The van der Waals surface area contributed by atoms with E-state index in [0.29, 0.717) is 11.1 Å². The number of hydrogen-bond acceptors (Lipinski definition) is 5. The maximum atomic E-state index is 12.5. The lowest BCUT2D eigenvalue weighted by Crippen LogP contribution is -2.13. The van der Waals surface area contributed by atoms with Crippen LogP contribution in [0, 0.1) is 0 Å². The molecule has 1 N–H and O–H groups in total. The summed E-state index contributed by atoms with van der Waals surface area (Å²) in [4.78, 5) is 12.4. The van der Waals surface area contributed by atoms with Crippen molar-refractivity contribution in [1.82, 2.24) is 0 Å². The van der Waals surface area contributed by atoms with Crippen molar-refractivity contribution in [2.24, 2.45) is 0 Å². The second-order valence-electron chi connectivity index (χ2n) is 5.06. The minimum atomic E-state index is -3.92. The molecule has 0 spiro atoms. The highest BCUT2D eigenvalue weighted by atomic mass is 35.7. The Morgan fingerprint density at radius 1 is 1.22 bits per heavy atom. The fraction of sp³-hybridized carbons (Fsp3) is 0.188. The summed E-state index contributed by atoms with van der Waals surface area (Å²) in [6.07, 6.45) is 0. The second-order valence-corrected chi connectivity index (χ2v) is 7.60. The SMILES string of the molecule is CCOc1cc(C2Nc3ccccc3C2=O)ccc1S(=O)(=O)Cl. The highest BCUT2D eigenvalue weighted by molar-refractivity contribution is 8.13. The zero-order valence-electron chi connectivity index (χ0n) is 12.2. The summed E-state index contributed by atoms with van der Waals surface area (Å²) < 4.78 is 28.6. The largest absolute Gasteiger partial charge is 0.492 e. The smallest absolute Gasteiger partial charge is 0.264 e. The van der Waals surface area contributed by atoms with Gasteiger partial charge in [0.05, 0.1) is 6.61 Å². The average molecular weight is 352 g/mol. The molecule has 2 aromatic rings. The van der Waals surface area contributed by atoms with Crippen LogP contribution in [0.1, 0.15) is 28.9 Å². The lowest BCUT2D eigenvalue weighted by molar-refractivity contribution is 0.0979. The van der Waals surface area contributed by atoms with Crippen LogP contribution in [0.5, 0.6) is 5.75 Å². The summed E-state index contributed by atoms with van der Waals surface area (Å²) in [5.41, 5.74) is 2.00. The number of carbonyl (C=O) groups is 1. The van der Waals surface area contributed by atoms with E-state index in [9.17, 15) is 13.2 Å². The molecule has 1 atom stereocenters. The van der Waals surface area contributed by atoms with Crippen molar-refractivity contribution in [3.63, 3.8) is 0 Å². The molecule has 23 heavy (non-hydrogen) atoms. The van der Waals surface area contributed by atoms with E-state index in [2.05, 4.69) is 5.32 Å². The van der Waals surface area contributed by atoms with Gasteiger partial charge in [-0.3, -0.25) is 4.79 Å². The van der Waals surface area contributed by atoms with Crippen LogP contribution < -0.4 is 10.1 Å². The molecule has 5 nitrogen and oxygen atoms in total. The molecule has 120 valence electrons. The van der Waals surface area contributed by atoms with Crippen LogP contribution >= 0.6 is 10.7 Å². The molecule has 1 heterocycles. The lowest BCUT2D eigenvalue weighted by atomic mass is 10.0. The molecule has 0 amide bonds. The molecule has 0 aromatic heterocycles. The van der Waals surface area contributed by atoms with E-state index in [0.717, 1.165) is 5.69 Å². The molecule has 0 fully saturated rings. The van der Waals surface area contributed by atoms with Gasteiger partial charge in [-0.15, -0.1) is 0 Å². The molecular formula is C16H14ClNO4S. The van der Waals surface area contributed by atoms with Crippen molar-refractivity contribution in [1.29, 1.82) is 0 Å². The number of benzene rings is 2. The normalized spacial score (nSPS) is 16.8. The van der Waals surface area contributed by atoms with Crippen LogP contribution in [0.15, 0.2) is 47.4 Å². The summed E-state index contributed by atoms with van der Waals surface area (Å²) in [6.45, 7) is 2.03. The Morgan fingerprint density at radius 2 is 1.96 bits per heavy atom. The Labute approximate surface area is 138 Å². The van der Waals surface area contributed by atoms with Crippen molar-refractivity contribution < 1.29 is 17.9 Å². The van der Waals surface area contributed by atoms with Crippen LogP contribution in [0.2, 0.25) is 0 Å². The standard InChI is InChI=1S/C16H14ClNO4S/c1-2-22-13-9-10(7-8-14(13)23(17,20)21)15-16(19)11-5-3-4-6-12(11)18-15/h3-9,15,18H,2H2,1H3. The first-order valence-corrected chi connectivity index (χ1v) is 9.34. The van der Waals surface area contributed by atoms with Gasteiger partial charge in [-0.1, -0.05) is 18.2 Å². The first-order chi connectivity index (χ1) is 10.9. The molecular weight excluding hydrogens is 338 g/mol. The quantitative estimate of drug-likeness (QED) is 0.855. The number of carbonyl (C=O) groups excluding carboxylic acids is 1. The van der Waals surface area contributed by atoms with E-state index < -0.39 is 15.1 Å². The minimum Gasteiger partial charge on any atom is -0.492 e. The van der Waals surface area contributed by atoms with Crippen molar-refractivity contribution in [2.45, 2.75) is 17.9 Å². The van der Waals surface area contributed by atoms with E-state index in [4.69, 9.17) is 15.4 Å². The topological polar surface area (TPSA) is 72.5 Å². The highest BCUT2D eigenvalue weighted by Crippen LogP contribution is 2.37. The number of ether oxygens (including phenoxy) is 1. The maximum absolute atomic E-state index is 12.5. The second kappa shape index (κ2) is 5.86. The van der Waals surface area contributed by atoms with Crippen molar-refractivity contribution >= 4 is 31.2 Å². The predicted molar refractivity (Wildman–Crippen MR) is 87.8 cm³/mol. The Bertz CT molecular complexity index is 879. The summed E-state index contributed by atoms with van der Waals surface area (Å²) in [5.74, 6) is 0.0788. The van der Waals surface area contributed by atoms with Gasteiger partial charge in [0.1, 0.15) is 16.7 Å². The van der Waals surface area contributed by atoms with E-state index >= 15 is 0 Å². The third-order valence-electron chi connectivity index (χ3n) is 3.62. The summed E-state index contributed by atoms with van der Waals surface area (Å²) in [7, 11) is 1.50. The fourth-order valence-corrected chi connectivity index (χ4v) is 3.58. The molecule has 0 aliphatic carbocycles. The summed E-state index contributed by atoms with van der Waals surface area (Å²) in [5, 5.41) is 3.14. The fourth-order valence-electron chi connectivity index (χ4n) is 2.61. The predicted octanol–water partition coefficient (Wildman–Crippen LogP) is 3.36. The number of ketones is 1. The number of para-hydroxylation sites is 1. The molecule has 1 aliphatic rings. The third-order valence-corrected chi connectivity index (χ3v) is 4.98. The van der Waals surface area contributed by atoms with E-state index in [-0.39, 0.29) is 23.0 Å². The van der Waals surface area contributed by atoms with Crippen LogP contribution in [0.4, 0.5) is 5.69 Å². The van der Waals surface area contributed by atoms with Crippen molar-refractivity contribution in [2.75, 3.05) is 11.9 Å². The third kappa shape index (κ3) is 2.92. The number of Topliss-reactive ketones (excluding diaryl/α,β-unsaturated/α-hetero) is 1. The van der Waals surface area contributed by atoms with Crippen LogP contribution in [-0.4, -0.2) is 20.8 Å². The average Bonchev–Trinajstić information content (AvgIpc) is 2.84. The number of hydrogen-bond donors (Lipinski definition) is 1. The zero-order valence-corrected chi connectivity index (χ0v) is 13.8. The maximum Gasteiger partial charge on any atom is 0.264 e. The molecule has 0 radical (unpaired) electrons.